The normalized spacial score (nSPS) is 15.5. The van der Waals surface area contributed by atoms with Crippen LogP contribution in [-0.2, 0) is 6.42 Å². The lowest BCUT2D eigenvalue weighted by molar-refractivity contribution is 0.530. The summed E-state index contributed by atoms with van der Waals surface area (Å²) in [6, 6.07) is 7.38. The highest BCUT2D eigenvalue weighted by Crippen LogP contribution is 2.27. The van der Waals surface area contributed by atoms with Gasteiger partial charge in [0.1, 0.15) is 11.2 Å². The minimum Gasteiger partial charge on any atom is -0.310 e. The van der Waals surface area contributed by atoms with Gasteiger partial charge in [0.2, 0.25) is 0 Å². The predicted molar refractivity (Wildman–Crippen MR) is 90.2 cm³/mol. The van der Waals surface area contributed by atoms with E-state index in [1.165, 1.54) is 25.7 Å². The molecule has 1 saturated carbocycles. The highest BCUT2D eigenvalue weighted by atomic mass is 35.5. The Labute approximate surface area is 138 Å². The summed E-state index contributed by atoms with van der Waals surface area (Å²) in [6.45, 7) is 0. The Hall–Kier alpha value is -2.14. The van der Waals surface area contributed by atoms with Crippen molar-refractivity contribution in [2.24, 2.45) is 5.92 Å². The average molecular weight is 329 g/mol. The van der Waals surface area contributed by atoms with E-state index in [0.29, 0.717) is 22.0 Å². The summed E-state index contributed by atoms with van der Waals surface area (Å²) in [7, 11) is 0. The first kappa shape index (κ1) is 14.5. The lowest BCUT2D eigenvalue weighted by Crippen LogP contribution is -2.14. The number of hydrogen-bond donors (Lipinski definition) is 1. The van der Waals surface area contributed by atoms with Gasteiger partial charge in [-0.2, -0.15) is 5.10 Å². The van der Waals surface area contributed by atoms with Crippen LogP contribution in [0.3, 0.4) is 0 Å². The second-order valence-electron chi connectivity index (χ2n) is 6.14. The molecule has 0 amide bonds. The Morgan fingerprint density at radius 2 is 2.13 bits per heavy atom. The van der Waals surface area contributed by atoms with Crippen molar-refractivity contribution in [2.45, 2.75) is 32.1 Å². The molecule has 0 saturated heterocycles. The number of benzene rings is 1. The minimum absolute atomic E-state index is 0.128. The molecule has 4 rings (SSSR count). The monoisotopic (exact) mass is 328 g/mol. The number of H-pyrrole nitrogens is 1. The number of fused-ring (bicyclic) bond motifs is 1. The summed E-state index contributed by atoms with van der Waals surface area (Å²) >= 11 is 6.06. The van der Waals surface area contributed by atoms with E-state index in [4.69, 9.17) is 11.6 Å². The smallest absolute Gasteiger partial charge is 0.262 e. The van der Waals surface area contributed by atoms with Gasteiger partial charge in [0.15, 0.2) is 5.65 Å². The van der Waals surface area contributed by atoms with Gasteiger partial charge in [-0.25, -0.2) is 9.67 Å². The van der Waals surface area contributed by atoms with Crippen molar-refractivity contribution >= 4 is 22.6 Å². The summed E-state index contributed by atoms with van der Waals surface area (Å²) in [4.78, 5) is 19.9. The molecule has 1 aliphatic carbocycles. The number of aromatic nitrogens is 4. The van der Waals surface area contributed by atoms with Gasteiger partial charge >= 0.3 is 0 Å². The summed E-state index contributed by atoms with van der Waals surface area (Å²) in [5.41, 5.74) is 1.26. The number of hydrogen-bond acceptors (Lipinski definition) is 3. The first-order chi connectivity index (χ1) is 11.2. The van der Waals surface area contributed by atoms with E-state index < -0.39 is 0 Å². The fourth-order valence-corrected chi connectivity index (χ4v) is 3.53. The summed E-state index contributed by atoms with van der Waals surface area (Å²) < 4.78 is 1.68. The van der Waals surface area contributed by atoms with Crippen molar-refractivity contribution in [2.75, 3.05) is 0 Å². The van der Waals surface area contributed by atoms with E-state index in [9.17, 15) is 4.79 Å². The molecule has 0 spiro atoms. The van der Waals surface area contributed by atoms with Crippen molar-refractivity contribution < 1.29 is 0 Å². The topological polar surface area (TPSA) is 63.6 Å². The zero-order valence-corrected chi connectivity index (χ0v) is 13.4. The van der Waals surface area contributed by atoms with E-state index in [2.05, 4.69) is 15.1 Å². The largest absolute Gasteiger partial charge is 0.310 e. The molecule has 0 bridgehead atoms. The van der Waals surface area contributed by atoms with Gasteiger partial charge in [0.05, 0.1) is 11.9 Å². The van der Waals surface area contributed by atoms with E-state index in [0.717, 1.165) is 17.9 Å². The number of rotatable bonds is 3. The molecular formula is C17H17ClN4O. The fraction of sp³-hybridized carbons (Fsp3) is 0.353. The van der Waals surface area contributed by atoms with Crippen LogP contribution in [0.1, 0.15) is 31.5 Å². The van der Waals surface area contributed by atoms with E-state index in [1.54, 1.807) is 10.9 Å². The standard InChI is InChI=1S/C17H17ClN4O/c18-12-6-3-7-13(9-12)22-16-14(10-19-22)17(23)21-15(20-16)8-11-4-1-2-5-11/h3,6-7,9-11H,1-2,4-5,8H2,(H,20,21,23). The van der Waals surface area contributed by atoms with Crippen LogP contribution >= 0.6 is 11.6 Å². The van der Waals surface area contributed by atoms with Gasteiger partial charge in [0, 0.05) is 11.4 Å². The number of nitrogens with one attached hydrogen (secondary N) is 1. The van der Waals surface area contributed by atoms with Crippen LogP contribution in [0.15, 0.2) is 35.3 Å². The van der Waals surface area contributed by atoms with Gasteiger partial charge in [0.25, 0.3) is 5.56 Å². The molecule has 0 radical (unpaired) electrons. The van der Waals surface area contributed by atoms with E-state index in [-0.39, 0.29) is 5.56 Å². The second kappa shape index (κ2) is 5.81. The maximum atomic E-state index is 12.3. The molecule has 1 N–H and O–H groups in total. The number of halogens is 1. The molecule has 1 aliphatic rings. The van der Waals surface area contributed by atoms with Crippen molar-refractivity contribution in [1.82, 2.24) is 19.7 Å². The van der Waals surface area contributed by atoms with Crippen molar-refractivity contribution in [3.8, 4) is 5.69 Å². The van der Waals surface area contributed by atoms with Gasteiger partial charge in [-0.05, 0) is 24.1 Å². The third kappa shape index (κ3) is 2.77. The third-order valence-electron chi connectivity index (χ3n) is 4.50. The van der Waals surface area contributed by atoms with Crippen LogP contribution in [0.2, 0.25) is 5.02 Å². The molecule has 2 aromatic heterocycles. The molecule has 23 heavy (non-hydrogen) atoms. The predicted octanol–water partition coefficient (Wildman–Crippen LogP) is 3.49. The molecule has 118 valence electrons. The van der Waals surface area contributed by atoms with Crippen LogP contribution in [0.5, 0.6) is 0 Å². The maximum Gasteiger partial charge on any atom is 0.262 e. The lowest BCUT2D eigenvalue weighted by atomic mass is 10.0. The molecule has 3 aromatic rings. The first-order valence-electron chi connectivity index (χ1n) is 7.93. The molecular weight excluding hydrogens is 312 g/mol. The fourth-order valence-electron chi connectivity index (χ4n) is 3.35. The molecule has 1 fully saturated rings. The molecule has 2 heterocycles. The highest BCUT2D eigenvalue weighted by Gasteiger charge is 2.18. The van der Waals surface area contributed by atoms with Gasteiger partial charge < -0.3 is 4.98 Å². The molecule has 6 heteroatoms. The molecule has 1 aromatic carbocycles. The minimum atomic E-state index is -0.128. The first-order valence-corrected chi connectivity index (χ1v) is 8.31. The number of aromatic amines is 1. The molecule has 0 atom stereocenters. The summed E-state index contributed by atoms with van der Waals surface area (Å²) in [5, 5.41) is 5.44. The zero-order chi connectivity index (χ0) is 15.8. The maximum absolute atomic E-state index is 12.3. The second-order valence-corrected chi connectivity index (χ2v) is 6.58. The number of nitrogens with zero attached hydrogens (tertiary/aromatic N) is 3. The summed E-state index contributed by atoms with van der Waals surface area (Å²) in [5.74, 6) is 1.37. The Bertz CT molecular complexity index is 908. The zero-order valence-electron chi connectivity index (χ0n) is 12.6. The van der Waals surface area contributed by atoms with E-state index in [1.807, 2.05) is 24.3 Å². The Morgan fingerprint density at radius 3 is 2.91 bits per heavy atom. The van der Waals surface area contributed by atoms with Crippen LogP contribution in [-0.4, -0.2) is 19.7 Å². The Kier molecular flexibility index (Phi) is 3.65. The Balaban J connectivity index is 1.80. The quantitative estimate of drug-likeness (QED) is 0.800. The van der Waals surface area contributed by atoms with Crippen LogP contribution in [0.4, 0.5) is 0 Å². The van der Waals surface area contributed by atoms with Gasteiger partial charge in [-0.1, -0.05) is 43.4 Å². The van der Waals surface area contributed by atoms with Crippen LogP contribution in [0, 0.1) is 5.92 Å². The Morgan fingerprint density at radius 1 is 1.30 bits per heavy atom. The van der Waals surface area contributed by atoms with Crippen molar-refractivity contribution in [3.63, 3.8) is 0 Å². The van der Waals surface area contributed by atoms with E-state index >= 15 is 0 Å². The van der Waals surface area contributed by atoms with Crippen molar-refractivity contribution in [1.29, 1.82) is 0 Å². The third-order valence-corrected chi connectivity index (χ3v) is 4.73. The SMILES string of the molecule is O=c1[nH]c(CC2CCCC2)nc2c1cnn2-c1cccc(Cl)c1. The van der Waals surface area contributed by atoms with Gasteiger partial charge in [-0.15, -0.1) is 0 Å². The van der Waals surface area contributed by atoms with Gasteiger partial charge in [-0.3, -0.25) is 4.79 Å². The molecule has 0 aliphatic heterocycles. The summed E-state index contributed by atoms with van der Waals surface area (Å²) in [6.07, 6.45) is 7.37. The molecule has 5 nitrogen and oxygen atoms in total. The van der Waals surface area contributed by atoms with Crippen LogP contribution < -0.4 is 5.56 Å². The van der Waals surface area contributed by atoms with Crippen molar-refractivity contribution in [3.05, 3.63) is 51.7 Å². The highest BCUT2D eigenvalue weighted by molar-refractivity contribution is 6.30. The lowest BCUT2D eigenvalue weighted by Gasteiger charge is -2.08. The van der Waals surface area contributed by atoms with Crippen LogP contribution in [0.25, 0.3) is 16.7 Å². The molecule has 0 unspecified atom stereocenters. The average Bonchev–Trinajstić information content (AvgIpc) is 3.17.